The Morgan fingerprint density at radius 2 is 1.88 bits per heavy atom. The van der Waals surface area contributed by atoms with Crippen molar-refractivity contribution in [3.63, 3.8) is 0 Å². The average molecular weight is 474 g/mol. The van der Waals surface area contributed by atoms with Crippen LogP contribution < -0.4 is 9.62 Å². The summed E-state index contributed by atoms with van der Waals surface area (Å²) in [5.74, 6) is -0.233. The van der Waals surface area contributed by atoms with Crippen LogP contribution in [0.5, 0.6) is 0 Å². The first kappa shape index (κ1) is 23.7. The molecule has 0 spiro atoms. The number of hydrogen-bond donors (Lipinski definition) is 1. The molecule has 9 heteroatoms. The molecule has 33 heavy (non-hydrogen) atoms. The van der Waals surface area contributed by atoms with Gasteiger partial charge in [-0.3, -0.25) is 4.79 Å². The van der Waals surface area contributed by atoms with Crippen LogP contribution in [0.2, 0.25) is 0 Å². The third kappa shape index (κ3) is 6.11. The van der Waals surface area contributed by atoms with Crippen LogP contribution >= 0.6 is 0 Å². The summed E-state index contributed by atoms with van der Waals surface area (Å²) in [6.45, 7) is 4.55. The van der Waals surface area contributed by atoms with Gasteiger partial charge in [0.05, 0.1) is 24.2 Å². The smallest absolute Gasteiger partial charge is 0.253 e. The fourth-order valence-electron chi connectivity index (χ4n) is 4.09. The number of nitrogens with zero attached hydrogens (tertiary/aromatic N) is 2. The van der Waals surface area contributed by atoms with Gasteiger partial charge < -0.3 is 19.3 Å². The Bertz CT molecular complexity index is 1050. The second-order valence-corrected chi connectivity index (χ2v) is 10.2. The topological polar surface area (TPSA) is 88.2 Å². The molecule has 0 unspecified atom stereocenters. The zero-order chi connectivity index (χ0) is 23.3. The van der Waals surface area contributed by atoms with Crippen LogP contribution in [0.1, 0.15) is 28.8 Å². The molecule has 2 aromatic carbocycles. The molecule has 4 rings (SSSR count). The Morgan fingerprint density at radius 3 is 2.58 bits per heavy atom. The lowest BCUT2D eigenvalue weighted by atomic mass is 10.1. The van der Waals surface area contributed by atoms with E-state index in [2.05, 4.69) is 21.8 Å². The van der Waals surface area contributed by atoms with Crippen LogP contribution in [0.3, 0.4) is 0 Å². The third-order valence-corrected chi connectivity index (χ3v) is 7.42. The first-order valence-electron chi connectivity index (χ1n) is 11.3. The largest absolute Gasteiger partial charge is 0.378 e. The van der Waals surface area contributed by atoms with Crippen LogP contribution in [0.25, 0.3) is 0 Å². The van der Waals surface area contributed by atoms with Crippen molar-refractivity contribution in [2.45, 2.75) is 30.4 Å². The number of carbonyl (C=O) groups excluding carboxylic acids is 1. The summed E-state index contributed by atoms with van der Waals surface area (Å²) in [4.78, 5) is 16.9. The highest BCUT2D eigenvalue weighted by Crippen LogP contribution is 2.19. The maximum Gasteiger partial charge on any atom is 0.253 e. The summed E-state index contributed by atoms with van der Waals surface area (Å²) < 4.78 is 38.8. The van der Waals surface area contributed by atoms with E-state index in [-0.39, 0.29) is 23.5 Å². The van der Waals surface area contributed by atoms with Gasteiger partial charge in [-0.2, -0.15) is 0 Å². The lowest BCUT2D eigenvalue weighted by Crippen LogP contribution is -2.36. The molecule has 1 amide bonds. The minimum absolute atomic E-state index is 0.0783. The van der Waals surface area contributed by atoms with E-state index in [4.69, 9.17) is 9.47 Å². The van der Waals surface area contributed by atoms with Crippen LogP contribution in [0.15, 0.2) is 53.4 Å². The molecule has 2 fully saturated rings. The molecule has 1 N–H and O–H groups in total. The predicted octanol–water partition coefficient (Wildman–Crippen LogP) is 2.25. The number of anilines is 1. The van der Waals surface area contributed by atoms with Crippen molar-refractivity contribution in [1.29, 1.82) is 0 Å². The maximum atomic E-state index is 13.0. The second-order valence-electron chi connectivity index (χ2n) is 8.44. The molecule has 2 aromatic rings. The Kier molecular flexibility index (Phi) is 7.64. The molecular formula is C24H31N3O5S. The fourth-order valence-corrected chi connectivity index (χ4v) is 5.20. The third-order valence-electron chi connectivity index (χ3n) is 6.00. The average Bonchev–Trinajstić information content (AvgIpc) is 3.37. The van der Waals surface area contributed by atoms with Crippen LogP contribution in [-0.2, 0) is 26.0 Å². The van der Waals surface area contributed by atoms with Gasteiger partial charge in [0.2, 0.25) is 10.0 Å². The monoisotopic (exact) mass is 473 g/mol. The van der Waals surface area contributed by atoms with Crippen molar-refractivity contribution in [3.05, 3.63) is 59.7 Å². The van der Waals surface area contributed by atoms with Gasteiger partial charge in [-0.15, -0.1) is 0 Å². The number of hydrogen-bond acceptors (Lipinski definition) is 6. The van der Waals surface area contributed by atoms with Crippen molar-refractivity contribution in [1.82, 2.24) is 9.62 Å². The van der Waals surface area contributed by atoms with Crippen molar-refractivity contribution >= 4 is 21.6 Å². The molecular weight excluding hydrogens is 442 g/mol. The summed E-state index contributed by atoms with van der Waals surface area (Å²) in [7, 11) is -2.00. The summed E-state index contributed by atoms with van der Waals surface area (Å²) in [6.07, 6.45) is 1.70. The van der Waals surface area contributed by atoms with E-state index in [1.54, 1.807) is 24.1 Å². The van der Waals surface area contributed by atoms with Crippen molar-refractivity contribution in [2.75, 3.05) is 51.4 Å². The number of morpholine rings is 1. The van der Waals surface area contributed by atoms with Crippen LogP contribution in [0, 0.1) is 0 Å². The summed E-state index contributed by atoms with van der Waals surface area (Å²) in [5.41, 5.74) is 2.48. The zero-order valence-corrected chi connectivity index (χ0v) is 19.7. The van der Waals surface area contributed by atoms with Crippen LogP contribution in [-0.4, -0.2) is 71.8 Å². The number of sulfonamides is 1. The highest BCUT2D eigenvalue weighted by atomic mass is 32.2. The normalized spacial score (nSPS) is 18.9. The number of carbonyl (C=O) groups is 1. The van der Waals surface area contributed by atoms with Gasteiger partial charge in [0.15, 0.2) is 0 Å². The summed E-state index contributed by atoms with van der Waals surface area (Å²) in [6, 6.07) is 14.3. The molecule has 0 bridgehead atoms. The Labute approximate surface area is 195 Å². The Hall–Kier alpha value is -2.46. The van der Waals surface area contributed by atoms with Crippen molar-refractivity contribution < 1.29 is 22.7 Å². The van der Waals surface area contributed by atoms with E-state index >= 15 is 0 Å². The number of amides is 1. The zero-order valence-electron chi connectivity index (χ0n) is 18.9. The summed E-state index contributed by atoms with van der Waals surface area (Å²) >= 11 is 0. The molecule has 8 nitrogen and oxygen atoms in total. The molecule has 0 aromatic heterocycles. The van der Waals surface area contributed by atoms with Crippen molar-refractivity contribution in [2.24, 2.45) is 0 Å². The van der Waals surface area contributed by atoms with Gasteiger partial charge >= 0.3 is 0 Å². The van der Waals surface area contributed by atoms with Gasteiger partial charge in [0, 0.05) is 51.1 Å². The van der Waals surface area contributed by atoms with Crippen molar-refractivity contribution in [3.8, 4) is 0 Å². The van der Waals surface area contributed by atoms with E-state index in [1.165, 1.54) is 12.1 Å². The second kappa shape index (κ2) is 10.6. The lowest BCUT2D eigenvalue weighted by Gasteiger charge is -2.29. The van der Waals surface area contributed by atoms with Gasteiger partial charge in [0.25, 0.3) is 5.91 Å². The number of ether oxygens (including phenoxy) is 2. The molecule has 2 aliphatic rings. The van der Waals surface area contributed by atoms with Crippen LogP contribution in [0.4, 0.5) is 5.69 Å². The molecule has 2 heterocycles. The fraction of sp³-hybridized carbons (Fsp3) is 0.458. The molecule has 1 atom stereocenters. The minimum Gasteiger partial charge on any atom is -0.378 e. The SMILES string of the molecule is CN(Cc1ccc(N2CCOCC2)cc1)C(=O)c1cccc(S(=O)(=O)NC[C@H]2CCCO2)c1. The molecule has 0 saturated carbocycles. The summed E-state index contributed by atoms with van der Waals surface area (Å²) in [5, 5.41) is 0. The van der Waals surface area contributed by atoms with Gasteiger partial charge in [-0.05, 0) is 48.7 Å². The number of rotatable bonds is 8. The lowest BCUT2D eigenvalue weighted by molar-refractivity contribution is 0.0785. The minimum atomic E-state index is -3.72. The molecule has 2 aliphatic heterocycles. The van der Waals surface area contributed by atoms with Gasteiger partial charge in [-0.1, -0.05) is 18.2 Å². The predicted molar refractivity (Wildman–Crippen MR) is 126 cm³/mol. The van der Waals surface area contributed by atoms with E-state index in [9.17, 15) is 13.2 Å². The maximum absolute atomic E-state index is 13.0. The van der Waals surface area contributed by atoms with Gasteiger partial charge in [-0.25, -0.2) is 13.1 Å². The molecule has 2 saturated heterocycles. The quantitative estimate of drug-likeness (QED) is 0.633. The van der Waals surface area contributed by atoms with E-state index < -0.39 is 10.0 Å². The first-order valence-corrected chi connectivity index (χ1v) is 12.8. The highest BCUT2D eigenvalue weighted by Gasteiger charge is 2.22. The standard InChI is InChI=1S/C24H31N3O5S/c1-26(18-19-7-9-21(10-8-19)27-11-14-31-15-12-27)24(28)20-4-2-6-23(16-20)33(29,30)25-17-22-5-3-13-32-22/h2,4,6-10,16,22,25H,3,5,11-15,17-18H2,1H3/t22-/m1/s1. The molecule has 178 valence electrons. The Morgan fingerprint density at radius 1 is 1.12 bits per heavy atom. The Balaban J connectivity index is 1.38. The number of benzene rings is 2. The van der Waals surface area contributed by atoms with E-state index in [0.717, 1.165) is 50.4 Å². The van der Waals surface area contributed by atoms with E-state index in [0.29, 0.717) is 18.7 Å². The van der Waals surface area contributed by atoms with Gasteiger partial charge in [0.1, 0.15) is 0 Å². The van der Waals surface area contributed by atoms with E-state index in [1.807, 2.05) is 12.1 Å². The first-order chi connectivity index (χ1) is 15.9. The highest BCUT2D eigenvalue weighted by molar-refractivity contribution is 7.89. The molecule has 0 aliphatic carbocycles. The molecule has 0 radical (unpaired) electrons. The number of nitrogens with one attached hydrogen (secondary N) is 1.